The fraction of sp³-hybridized carbons (Fsp3) is 0.222. The maximum Gasteiger partial charge on any atom is 0.233 e. The Bertz CT molecular complexity index is 812. The SMILES string of the molecule is C=C[C@@H]1O[C@@]1([C@H](O)c1ccccc1)S(=O)(=O)c1ccc(C)cc1. The summed E-state index contributed by atoms with van der Waals surface area (Å²) in [6, 6.07) is 15.2. The van der Waals surface area contributed by atoms with E-state index in [1.54, 1.807) is 42.5 Å². The maximum atomic E-state index is 13.1. The lowest BCUT2D eigenvalue weighted by Crippen LogP contribution is -2.34. The Labute approximate surface area is 136 Å². The van der Waals surface area contributed by atoms with Gasteiger partial charge < -0.3 is 9.84 Å². The average Bonchev–Trinajstić information content (AvgIpc) is 3.32. The number of hydrogen-bond acceptors (Lipinski definition) is 4. The van der Waals surface area contributed by atoms with Crippen LogP contribution >= 0.6 is 0 Å². The van der Waals surface area contributed by atoms with E-state index in [9.17, 15) is 13.5 Å². The van der Waals surface area contributed by atoms with Gasteiger partial charge in [0.05, 0.1) is 4.90 Å². The zero-order chi connectivity index (χ0) is 16.7. The van der Waals surface area contributed by atoms with Crippen molar-refractivity contribution >= 4 is 9.84 Å². The van der Waals surface area contributed by atoms with Crippen LogP contribution in [0, 0.1) is 6.92 Å². The van der Waals surface area contributed by atoms with Gasteiger partial charge >= 0.3 is 0 Å². The van der Waals surface area contributed by atoms with E-state index in [2.05, 4.69) is 6.58 Å². The van der Waals surface area contributed by atoms with Gasteiger partial charge in [-0.3, -0.25) is 0 Å². The molecule has 0 bridgehead atoms. The van der Waals surface area contributed by atoms with Gasteiger partial charge in [0.1, 0.15) is 12.2 Å². The van der Waals surface area contributed by atoms with Crippen molar-refractivity contribution in [3.05, 3.63) is 78.4 Å². The van der Waals surface area contributed by atoms with Crippen LogP contribution in [0.1, 0.15) is 17.2 Å². The summed E-state index contributed by atoms with van der Waals surface area (Å²) >= 11 is 0. The van der Waals surface area contributed by atoms with Crippen LogP contribution in [0.2, 0.25) is 0 Å². The Balaban J connectivity index is 2.08. The molecule has 2 aromatic carbocycles. The van der Waals surface area contributed by atoms with Crippen LogP contribution < -0.4 is 0 Å². The molecule has 0 aliphatic carbocycles. The van der Waals surface area contributed by atoms with Gasteiger partial charge in [-0.25, -0.2) is 8.42 Å². The highest BCUT2D eigenvalue weighted by atomic mass is 32.2. The molecule has 23 heavy (non-hydrogen) atoms. The Morgan fingerprint density at radius 1 is 1.17 bits per heavy atom. The van der Waals surface area contributed by atoms with Crippen molar-refractivity contribution in [2.45, 2.75) is 29.0 Å². The van der Waals surface area contributed by atoms with E-state index >= 15 is 0 Å². The largest absolute Gasteiger partial charge is 0.384 e. The van der Waals surface area contributed by atoms with E-state index < -0.39 is 27.0 Å². The molecule has 0 spiro atoms. The first-order valence-corrected chi connectivity index (χ1v) is 8.76. The molecule has 1 aliphatic rings. The van der Waals surface area contributed by atoms with Crippen molar-refractivity contribution in [3.8, 4) is 0 Å². The van der Waals surface area contributed by atoms with Crippen LogP contribution in [0.25, 0.3) is 0 Å². The van der Waals surface area contributed by atoms with Gasteiger partial charge in [0.15, 0.2) is 0 Å². The molecule has 4 nitrogen and oxygen atoms in total. The zero-order valence-electron chi connectivity index (χ0n) is 12.7. The molecule has 1 aliphatic heterocycles. The van der Waals surface area contributed by atoms with E-state index in [0.29, 0.717) is 5.56 Å². The Morgan fingerprint density at radius 2 is 1.78 bits per heavy atom. The van der Waals surface area contributed by atoms with E-state index in [4.69, 9.17) is 4.74 Å². The highest BCUT2D eigenvalue weighted by Crippen LogP contribution is 2.53. The molecule has 1 saturated heterocycles. The van der Waals surface area contributed by atoms with Crippen LogP contribution in [0.15, 0.2) is 72.1 Å². The fourth-order valence-corrected chi connectivity index (χ4v) is 4.65. The second kappa shape index (κ2) is 5.60. The average molecular weight is 330 g/mol. The van der Waals surface area contributed by atoms with Gasteiger partial charge in [0, 0.05) is 0 Å². The zero-order valence-corrected chi connectivity index (χ0v) is 13.5. The van der Waals surface area contributed by atoms with Crippen LogP contribution in [0.5, 0.6) is 0 Å². The molecule has 0 aromatic heterocycles. The quantitative estimate of drug-likeness (QED) is 0.676. The summed E-state index contributed by atoms with van der Waals surface area (Å²) in [5, 5.41) is 10.7. The maximum absolute atomic E-state index is 13.1. The third-order valence-electron chi connectivity index (χ3n) is 4.11. The number of epoxide rings is 1. The Kier molecular flexibility index (Phi) is 3.88. The first-order chi connectivity index (χ1) is 10.9. The lowest BCUT2D eigenvalue weighted by molar-refractivity contribution is 0.116. The van der Waals surface area contributed by atoms with E-state index in [1.165, 1.54) is 18.2 Å². The van der Waals surface area contributed by atoms with Crippen molar-refractivity contribution in [3.63, 3.8) is 0 Å². The van der Waals surface area contributed by atoms with Crippen molar-refractivity contribution < 1.29 is 18.3 Å². The number of rotatable bonds is 5. The summed E-state index contributed by atoms with van der Waals surface area (Å²) in [6.45, 7) is 5.49. The molecule has 1 fully saturated rings. The highest BCUT2D eigenvalue weighted by Gasteiger charge is 2.70. The van der Waals surface area contributed by atoms with Crippen LogP contribution in [0.3, 0.4) is 0 Å². The molecule has 0 saturated carbocycles. The first kappa shape index (κ1) is 15.9. The number of benzene rings is 2. The van der Waals surface area contributed by atoms with Crippen molar-refractivity contribution in [2.75, 3.05) is 0 Å². The lowest BCUT2D eigenvalue weighted by atomic mass is 10.0. The number of sulfone groups is 1. The van der Waals surface area contributed by atoms with Gasteiger partial charge in [0.2, 0.25) is 14.8 Å². The monoisotopic (exact) mass is 330 g/mol. The molecule has 5 heteroatoms. The molecule has 0 amide bonds. The molecule has 0 radical (unpaired) electrons. The van der Waals surface area contributed by atoms with Crippen LogP contribution in [0.4, 0.5) is 0 Å². The number of aryl methyl sites for hydroxylation is 1. The third kappa shape index (κ3) is 2.41. The summed E-state index contributed by atoms with van der Waals surface area (Å²) in [7, 11) is -3.90. The topological polar surface area (TPSA) is 66.9 Å². The second-order valence-corrected chi connectivity index (χ2v) is 7.74. The molecule has 1 N–H and O–H groups in total. The summed E-state index contributed by atoms with van der Waals surface area (Å²) in [5.41, 5.74) is 1.45. The van der Waals surface area contributed by atoms with E-state index in [0.717, 1.165) is 5.56 Å². The third-order valence-corrected chi connectivity index (χ3v) is 6.40. The fourth-order valence-electron chi connectivity index (χ4n) is 2.73. The van der Waals surface area contributed by atoms with Crippen molar-refractivity contribution in [2.24, 2.45) is 0 Å². The molecule has 3 rings (SSSR count). The summed E-state index contributed by atoms with van der Waals surface area (Å²) in [6.07, 6.45) is -0.625. The van der Waals surface area contributed by atoms with Gasteiger partial charge in [-0.15, -0.1) is 6.58 Å². The molecule has 3 atom stereocenters. The van der Waals surface area contributed by atoms with E-state index in [1.807, 2.05) is 6.92 Å². The molecule has 1 heterocycles. The van der Waals surface area contributed by atoms with E-state index in [-0.39, 0.29) is 4.90 Å². The highest BCUT2D eigenvalue weighted by molar-refractivity contribution is 7.93. The first-order valence-electron chi connectivity index (χ1n) is 7.28. The molecular formula is C18H18O4S. The van der Waals surface area contributed by atoms with Gasteiger partial charge in [-0.2, -0.15) is 0 Å². The lowest BCUT2D eigenvalue weighted by Gasteiger charge is -2.21. The number of aliphatic hydroxyl groups is 1. The molecule has 2 aromatic rings. The van der Waals surface area contributed by atoms with Gasteiger partial charge in [-0.05, 0) is 24.6 Å². The minimum atomic E-state index is -3.90. The standard InChI is InChI=1S/C18H18O4S/c1-3-16-18(22-16,17(19)14-7-5-4-6-8-14)23(20,21)15-11-9-13(2)10-12-15/h3-12,16-17,19H,1H2,2H3/t16-,17+,18+/m0/s1. The predicted molar refractivity (Wildman–Crippen MR) is 87.6 cm³/mol. The summed E-state index contributed by atoms with van der Waals surface area (Å²) < 4.78 is 31.6. The normalized spacial score (nSPS) is 24.9. The van der Waals surface area contributed by atoms with Gasteiger partial charge in [-0.1, -0.05) is 54.1 Å². The number of ether oxygens (including phenoxy) is 1. The number of aliphatic hydroxyl groups excluding tert-OH is 1. The summed E-state index contributed by atoms with van der Waals surface area (Å²) in [4.78, 5) is -1.59. The van der Waals surface area contributed by atoms with Gasteiger partial charge in [0.25, 0.3) is 0 Å². The van der Waals surface area contributed by atoms with Crippen molar-refractivity contribution in [1.29, 1.82) is 0 Å². The van der Waals surface area contributed by atoms with Crippen molar-refractivity contribution in [1.82, 2.24) is 0 Å². The minimum absolute atomic E-state index is 0.127. The van der Waals surface area contributed by atoms with Crippen LogP contribution in [-0.2, 0) is 14.6 Å². The Morgan fingerprint density at radius 3 is 2.30 bits per heavy atom. The molecular weight excluding hydrogens is 312 g/mol. The smallest absolute Gasteiger partial charge is 0.233 e. The molecule has 120 valence electrons. The predicted octanol–water partition coefficient (Wildman–Crippen LogP) is 2.78. The van der Waals surface area contributed by atoms with Crippen LogP contribution in [-0.4, -0.2) is 24.6 Å². The Hall–Kier alpha value is -1.95. The second-order valence-electron chi connectivity index (χ2n) is 5.63. The number of hydrogen-bond donors (Lipinski definition) is 1. The summed E-state index contributed by atoms with van der Waals surface area (Å²) in [5.74, 6) is 0. The molecule has 0 unspecified atom stereocenters. The minimum Gasteiger partial charge on any atom is -0.384 e.